The van der Waals surface area contributed by atoms with Crippen molar-refractivity contribution in [2.24, 2.45) is 0 Å². The van der Waals surface area contributed by atoms with Gasteiger partial charge in [-0.15, -0.1) is 0 Å². The van der Waals surface area contributed by atoms with Crippen LogP contribution < -0.4 is 14.5 Å². The van der Waals surface area contributed by atoms with Crippen molar-refractivity contribution >= 4 is 51.7 Å². The van der Waals surface area contributed by atoms with E-state index in [1.54, 1.807) is 12.0 Å². The number of ether oxygens (including phenoxy) is 1. The summed E-state index contributed by atoms with van der Waals surface area (Å²) in [7, 11) is 5.58. The molecule has 1 fully saturated rings. The Morgan fingerprint density at radius 3 is 2.28 bits per heavy atom. The van der Waals surface area contributed by atoms with Crippen molar-refractivity contribution in [1.82, 2.24) is 0 Å². The molecule has 1 aliphatic rings. The van der Waals surface area contributed by atoms with Crippen LogP contribution in [0.15, 0.2) is 53.4 Å². The van der Waals surface area contributed by atoms with E-state index in [0.717, 1.165) is 22.7 Å². The van der Waals surface area contributed by atoms with Crippen molar-refractivity contribution in [1.29, 1.82) is 0 Å². The van der Waals surface area contributed by atoms with Gasteiger partial charge < -0.3 is 9.64 Å². The van der Waals surface area contributed by atoms with Gasteiger partial charge in [-0.2, -0.15) is 0 Å². The molecule has 128 valence electrons. The van der Waals surface area contributed by atoms with Gasteiger partial charge in [-0.3, -0.25) is 9.69 Å². The molecule has 0 atom stereocenters. The number of methoxy groups -OCH3 is 1. The van der Waals surface area contributed by atoms with Gasteiger partial charge in [0.05, 0.1) is 17.7 Å². The van der Waals surface area contributed by atoms with Crippen LogP contribution >= 0.6 is 24.0 Å². The number of amides is 1. The number of carbonyl (C=O) groups is 1. The normalized spacial score (nSPS) is 15.8. The van der Waals surface area contributed by atoms with Gasteiger partial charge in [-0.1, -0.05) is 36.1 Å². The Hall–Kier alpha value is -2.31. The minimum absolute atomic E-state index is 0.0941. The number of thioether (sulfide) groups is 1. The van der Waals surface area contributed by atoms with Crippen molar-refractivity contribution in [3.63, 3.8) is 0 Å². The van der Waals surface area contributed by atoms with E-state index in [4.69, 9.17) is 17.0 Å². The minimum Gasteiger partial charge on any atom is -0.497 e. The number of benzene rings is 2. The molecule has 1 heterocycles. The molecule has 4 nitrogen and oxygen atoms in total. The Morgan fingerprint density at radius 1 is 1.08 bits per heavy atom. The van der Waals surface area contributed by atoms with Crippen molar-refractivity contribution < 1.29 is 9.53 Å². The highest BCUT2D eigenvalue weighted by Gasteiger charge is 2.33. The summed E-state index contributed by atoms with van der Waals surface area (Å²) in [4.78, 5) is 17.0. The molecule has 2 aromatic carbocycles. The average molecular weight is 370 g/mol. The van der Waals surface area contributed by atoms with Gasteiger partial charge in [-0.05, 0) is 48.0 Å². The fourth-order valence-electron chi connectivity index (χ4n) is 2.44. The van der Waals surface area contributed by atoms with Crippen molar-refractivity contribution in [3.05, 3.63) is 59.0 Å². The molecule has 0 saturated carbocycles. The summed E-state index contributed by atoms with van der Waals surface area (Å²) >= 11 is 6.73. The van der Waals surface area contributed by atoms with Gasteiger partial charge >= 0.3 is 0 Å². The number of rotatable bonds is 4. The largest absolute Gasteiger partial charge is 0.497 e. The molecule has 3 rings (SSSR count). The summed E-state index contributed by atoms with van der Waals surface area (Å²) in [5.41, 5.74) is 2.79. The van der Waals surface area contributed by atoms with Crippen LogP contribution in [0.25, 0.3) is 6.08 Å². The topological polar surface area (TPSA) is 32.8 Å². The lowest BCUT2D eigenvalue weighted by Gasteiger charge is -2.17. The highest BCUT2D eigenvalue weighted by atomic mass is 32.2. The van der Waals surface area contributed by atoms with E-state index >= 15 is 0 Å². The van der Waals surface area contributed by atoms with Crippen LogP contribution in [0, 0.1) is 0 Å². The second-order valence-electron chi connectivity index (χ2n) is 5.70. The van der Waals surface area contributed by atoms with Gasteiger partial charge in [0.2, 0.25) is 0 Å². The zero-order valence-electron chi connectivity index (χ0n) is 14.2. The van der Waals surface area contributed by atoms with E-state index in [1.165, 1.54) is 11.8 Å². The predicted molar refractivity (Wildman–Crippen MR) is 109 cm³/mol. The Morgan fingerprint density at radius 2 is 1.72 bits per heavy atom. The highest BCUT2D eigenvalue weighted by molar-refractivity contribution is 8.27. The van der Waals surface area contributed by atoms with E-state index in [9.17, 15) is 4.79 Å². The molecule has 0 radical (unpaired) electrons. The third-order valence-electron chi connectivity index (χ3n) is 3.83. The van der Waals surface area contributed by atoms with Crippen LogP contribution in [0.1, 0.15) is 5.56 Å². The van der Waals surface area contributed by atoms with Gasteiger partial charge in [-0.25, -0.2) is 0 Å². The Bertz CT molecular complexity index is 828. The van der Waals surface area contributed by atoms with E-state index < -0.39 is 0 Å². The lowest BCUT2D eigenvalue weighted by Crippen LogP contribution is -2.27. The summed E-state index contributed by atoms with van der Waals surface area (Å²) < 4.78 is 5.70. The molecule has 1 aliphatic heterocycles. The van der Waals surface area contributed by atoms with Crippen LogP contribution in [0.3, 0.4) is 0 Å². The molecular formula is C19H18N2O2S2. The van der Waals surface area contributed by atoms with E-state index in [2.05, 4.69) is 0 Å². The van der Waals surface area contributed by atoms with Crippen molar-refractivity contribution in [2.75, 3.05) is 31.0 Å². The first-order valence-corrected chi connectivity index (χ1v) is 8.91. The van der Waals surface area contributed by atoms with E-state index in [0.29, 0.717) is 9.23 Å². The standard InChI is InChI=1S/C19H18N2O2S2/c1-20(2)14-6-8-15(9-7-14)21-18(22)17(25-19(21)24)12-13-4-10-16(23-3)11-5-13/h4-12H,1-3H3. The predicted octanol–water partition coefficient (Wildman–Crippen LogP) is 4.17. The number of hydrogen-bond donors (Lipinski definition) is 0. The minimum atomic E-state index is -0.0941. The lowest BCUT2D eigenvalue weighted by molar-refractivity contribution is -0.113. The average Bonchev–Trinajstić information content (AvgIpc) is 2.89. The number of hydrogen-bond acceptors (Lipinski definition) is 5. The zero-order valence-corrected chi connectivity index (χ0v) is 15.9. The van der Waals surface area contributed by atoms with E-state index in [1.807, 2.05) is 73.6 Å². The third-order valence-corrected chi connectivity index (χ3v) is 5.13. The molecule has 25 heavy (non-hydrogen) atoms. The maximum atomic E-state index is 12.8. The lowest BCUT2D eigenvalue weighted by atomic mass is 10.2. The quantitative estimate of drug-likeness (QED) is 0.596. The monoisotopic (exact) mass is 370 g/mol. The summed E-state index contributed by atoms with van der Waals surface area (Å²) in [6.07, 6.45) is 1.85. The fraction of sp³-hybridized carbons (Fsp3) is 0.158. The second kappa shape index (κ2) is 7.29. The molecule has 6 heteroatoms. The molecule has 0 aliphatic carbocycles. The van der Waals surface area contributed by atoms with Gasteiger partial charge in [0.25, 0.3) is 5.91 Å². The second-order valence-corrected chi connectivity index (χ2v) is 7.38. The first kappa shape index (κ1) is 17.5. The smallest absolute Gasteiger partial charge is 0.270 e. The molecule has 0 unspecified atom stereocenters. The van der Waals surface area contributed by atoms with Gasteiger partial charge in [0.1, 0.15) is 5.75 Å². The maximum Gasteiger partial charge on any atom is 0.270 e. The van der Waals surface area contributed by atoms with E-state index in [-0.39, 0.29) is 5.91 Å². The first-order chi connectivity index (χ1) is 12.0. The SMILES string of the molecule is COc1ccc(C=C2SC(=S)N(c3ccc(N(C)C)cc3)C2=O)cc1. The van der Waals surface area contributed by atoms with Crippen LogP contribution in [0.2, 0.25) is 0 Å². The molecule has 0 N–H and O–H groups in total. The maximum absolute atomic E-state index is 12.8. The molecule has 0 spiro atoms. The summed E-state index contributed by atoms with van der Waals surface area (Å²) in [6.45, 7) is 0. The zero-order chi connectivity index (χ0) is 18.0. The molecular weight excluding hydrogens is 352 g/mol. The van der Waals surface area contributed by atoms with Crippen molar-refractivity contribution in [3.8, 4) is 5.75 Å². The number of thiocarbonyl (C=S) groups is 1. The third kappa shape index (κ3) is 3.70. The van der Waals surface area contributed by atoms with Crippen LogP contribution in [-0.4, -0.2) is 31.4 Å². The Kier molecular flexibility index (Phi) is 5.11. The van der Waals surface area contributed by atoms with Gasteiger partial charge in [0, 0.05) is 19.8 Å². The summed E-state index contributed by atoms with van der Waals surface area (Å²) in [5, 5.41) is 0. The van der Waals surface area contributed by atoms with Crippen LogP contribution in [0.5, 0.6) is 5.75 Å². The number of nitrogens with zero attached hydrogens (tertiary/aromatic N) is 2. The van der Waals surface area contributed by atoms with Crippen LogP contribution in [-0.2, 0) is 4.79 Å². The molecule has 2 aromatic rings. The fourth-order valence-corrected chi connectivity index (χ4v) is 3.74. The molecule has 0 bridgehead atoms. The summed E-state index contributed by atoms with van der Waals surface area (Å²) in [5.74, 6) is 0.689. The van der Waals surface area contributed by atoms with Crippen molar-refractivity contribution in [2.45, 2.75) is 0 Å². The molecule has 0 aromatic heterocycles. The molecule has 1 saturated heterocycles. The Labute approximate surface area is 157 Å². The van der Waals surface area contributed by atoms with Gasteiger partial charge in [0.15, 0.2) is 4.32 Å². The van der Waals surface area contributed by atoms with Crippen LogP contribution in [0.4, 0.5) is 11.4 Å². The number of carbonyl (C=O) groups excluding carboxylic acids is 1. The highest BCUT2D eigenvalue weighted by Crippen LogP contribution is 2.36. The molecule has 1 amide bonds. The Balaban J connectivity index is 1.85. The first-order valence-electron chi connectivity index (χ1n) is 7.69. The summed E-state index contributed by atoms with van der Waals surface area (Å²) in [6, 6.07) is 15.3. The number of anilines is 2.